The van der Waals surface area contributed by atoms with Gasteiger partial charge in [-0.05, 0) is 25.1 Å². The standard InChI is InChI=1S/C15H20ClN3O6S/c1-4-19(5-2)26(23,24)12-8-10(6-7-11(12)16)14(21)25-9(3)13(20)18-15(17)22/h6-9H,4-5H2,1-3H3,(H3,17,18,20,22)/t9-/m1/s1. The second-order valence-electron chi connectivity index (χ2n) is 5.14. The molecule has 0 bridgehead atoms. The summed E-state index contributed by atoms with van der Waals surface area (Å²) < 4.78 is 31.3. The average Bonchev–Trinajstić information content (AvgIpc) is 2.55. The maximum atomic E-state index is 12.6. The summed E-state index contributed by atoms with van der Waals surface area (Å²) in [5.41, 5.74) is 4.70. The van der Waals surface area contributed by atoms with Gasteiger partial charge in [0.1, 0.15) is 4.90 Å². The zero-order valence-electron chi connectivity index (χ0n) is 14.5. The van der Waals surface area contributed by atoms with Crippen LogP contribution in [0.4, 0.5) is 4.79 Å². The van der Waals surface area contributed by atoms with Crippen LogP contribution in [0.15, 0.2) is 23.1 Å². The number of carbonyl (C=O) groups excluding carboxylic acids is 3. The summed E-state index contributed by atoms with van der Waals surface area (Å²) in [5.74, 6) is -1.86. The molecule has 9 nitrogen and oxygen atoms in total. The number of carbonyl (C=O) groups is 3. The largest absolute Gasteiger partial charge is 0.449 e. The van der Waals surface area contributed by atoms with Crippen molar-refractivity contribution in [3.05, 3.63) is 28.8 Å². The van der Waals surface area contributed by atoms with E-state index in [2.05, 4.69) is 0 Å². The molecule has 0 fully saturated rings. The summed E-state index contributed by atoms with van der Waals surface area (Å²) in [5, 5.41) is 1.73. The lowest BCUT2D eigenvalue weighted by atomic mass is 10.2. The van der Waals surface area contributed by atoms with Crippen molar-refractivity contribution in [3.8, 4) is 0 Å². The Hall–Kier alpha value is -2.17. The van der Waals surface area contributed by atoms with E-state index >= 15 is 0 Å². The van der Waals surface area contributed by atoms with Gasteiger partial charge < -0.3 is 10.5 Å². The zero-order chi connectivity index (χ0) is 20.1. The number of imide groups is 1. The Bertz CT molecular complexity index is 808. The molecule has 0 saturated carbocycles. The first-order chi connectivity index (χ1) is 12.0. The first-order valence-electron chi connectivity index (χ1n) is 7.65. The Morgan fingerprint density at radius 2 is 1.85 bits per heavy atom. The molecule has 0 saturated heterocycles. The number of urea groups is 1. The number of primary amides is 1. The van der Waals surface area contributed by atoms with Gasteiger partial charge in [-0.3, -0.25) is 10.1 Å². The van der Waals surface area contributed by atoms with Crippen molar-refractivity contribution >= 4 is 39.5 Å². The van der Waals surface area contributed by atoms with Crippen LogP contribution in [0.3, 0.4) is 0 Å². The number of nitrogens with one attached hydrogen (secondary N) is 1. The van der Waals surface area contributed by atoms with Crippen molar-refractivity contribution in [2.24, 2.45) is 5.73 Å². The van der Waals surface area contributed by atoms with E-state index in [1.54, 1.807) is 19.2 Å². The van der Waals surface area contributed by atoms with Crippen molar-refractivity contribution < 1.29 is 27.5 Å². The number of benzene rings is 1. The van der Waals surface area contributed by atoms with Crippen molar-refractivity contribution in [2.75, 3.05) is 13.1 Å². The van der Waals surface area contributed by atoms with Crippen molar-refractivity contribution in [3.63, 3.8) is 0 Å². The van der Waals surface area contributed by atoms with E-state index in [0.29, 0.717) is 0 Å². The molecule has 1 rings (SSSR count). The predicted molar refractivity (Wildman–Crippen MR) is 94.2 cm³/mol. The van der Waals surface area contributed by atoms with E-state index in [1.165, 1.54) is 23.4 Å². The summed E-state index contributed by atoms with van der Waals surface area (Å²) in [6, 6.07) is 2.52. The molecule has 0 heterocycles. The molecule has 0 radical (unpaired) electrons. The van der Waals surface area contributed by atoms with Crippen LogP contribution >= 0.6 is 11.6 Å². The summed E-state index contributed by atoms with van der Waals surface area (Å²) in [6.07, 6.45) is -1.31. The average molecular weight is 406 g/mol. The van der Waals surface area contributed by atoms with Gasteiger partial charge in [0.05, 0.1) is 10.6 Å². The maximum Gasteiger partial charge on any atom is 0.338 e. The third-order valence-electron chi connectivity index (χ3n) is 3.39. The SMILES string of the molecule is CCN(CC)S(=O)(=O)c1cc(C(=O)O[C@H](C)C(=O)NC(N)=O)ccc1Cl. The fourth-order valence-corrected chi connectivity index (χ4v) is 3.99. The summed E-state index contributed by atoms with van der Waals surface area (Å²) in [7, 11) is -3.90. The molecule has 0 unspecified atom stereocenters. The molecule has 0 spiro atoms. The Morgan fingerprint density at radius 3 is 2.35 bits per heavy atom. The highest BCUT2D eigenvalue weighted by atomic mass is 35.5. The van der Waals surface area contributed by atoms with Gasteiger partial charge in [-0.1, -0.05) is 25.4 Å². The molecule has 3 N–H and O–H groups in total. The third-order valence-corrected chi connectivity index (χ3v) is 5.92. The molecule has 0 aromatic heterocycles. The Balaban J connectivity index is 3.11. The third kappa shape index (κ3) is 5.16. The summed E-state index contributed by atoms with van der Waals surface area (Å²) >= 11 is 5.98. The Labute approximate surface area is 156 Å². The molecule has 0 aliphatic heterocycles. The molecule has 11 heteroatoms. The first kappa shape index (κ1) is 21.9. The summed E-state index contributed by atoms with van der Waals surface area (Å²) in [4.78, 5) is 34.1. The quantitative estimate of drug-likeness (QED) is 0.652. The minimum Gasteiger partial charge on any atom is -0.449 e. The normalized spacial score (nSPS) is 12.5. The number of esters is 1. The van der Waals surface area contributed by atoms with E-state index < -0.39 is 34.0 Å². The number of rotatable bonds is 7. The summed E-state index contributed by atoms with van der Waals surface area (Å²) in [6.45, 7) is 5.04. The number of amides is 3. The Kier molecular flexibility index (Phi) is 7.54. The van der Waals surface area contributed by atoms with Gasteiger partial charge >= 0.3 is 12.0 Å². The molecular weight excluding hydrogens is 386 g/mol. The maximum absolute atomic E-state index is 12.6. The molecule has 3 amide bonds. The lowest BCUT2D eigenvalue weighted by Crippen LogP contribution is -2.42. The minimum absolute atomic E-state index is 0.0482. The molecule has 26 heavy (non-hydrogen) atoms. The molecular formula is C15H20ClN3O6S. The van der Waals surface area contributed by atoms with Gasteiger partial charge in [0.25, 0.3) is 5.91 Å². The number of ether oxygens (including phenoxy) is 1. The van der Waals surface area contributed by atoms with Gasteiger partial charge in [0.15, 0.2) is 6.10 Å². The van der Waals surface area contributed by atoms with Crippen molar-refractivity contribution in [1.29, 1.82) is 0 Å². The predicted octanol–water partition coefficient (Wildman–Crippen LogP) is 1.11. The second kappa shape index (κ2) is 8.97. The van der Waals surface area contributed by atoms with E-state index in [1.807, 2.05) is 0 Å². The van der Waals surface area contributed by atoms with Crippen LogP contribution in [0.25, 0.3) is 0 Å². The highest BCUT2D eigenvalue weighted by Gasteiger charge is 2.27. The smallest absolute Gasteiger partial charge is 0.338 e. The fourth-order valence-electron chi connectivity index (χ4n) is 2.04. The van der Waals surface area contributed by atoms with Crippen LogP contribution < -0.4 is 11.1 Å². The van der Waals surface area contributed by atoms with Gasteiger partial charge in [-0.25, -0.2) is 18.0 Å². The van der Waals surface area contributed by atoms with E-state index in [0.717, 1.165) is 6.07 Å². The van der Waals surface area contributed by atoms with Crippen molar-refractivity contribution in [1.82, 2.24) is 9.62 Å². The number of hydrogen-bond donors (Lipinski definition) is 2. The van der Waals surface area contributed by atoms with Crippen molar-refractivity contribution in [2.45, 2.75) is 31.8 Å². The van der Waals surface area contributed by atoms with Crippen LogP contribution in [0.2, 0.25) is 5.02 Å². The minimum atomic E-state index is -3.90. The number of sulfonamides is 1. The molecule has 144 valence electrons. The van der Waals surface area contributed by atoms with Crippen LogP contribution in [-0.2, 0) is 19.6 Å². The van der Waals surface area contributed by atoms with Crippen LogP contribution in [-0.4, -0.2) is 49.8 Å². The molecule has 1 aromatic carbocycles. The lowest BCUT2D eigenvalue weighted by Gasteiger charge is -2.19. The molecule has 1 atom stereocenters. The van der Waals surface area contributed by atoms with Crippen LogP contribution in [0, 0.1) is 0 Å². The first-order valence-corrected chi connectivity index (χ1v) is 9.47. The highest BCUT2D eigenvalue weighted by molar-refractivity contribution is 7.89. The fraction of sp³-hybridized carbons (Fsp3) is 0.400. The zero-order valence-corrected chi connectivity index (χ0v) is 16.1. The molecule has 1 aromatic rings. The number of nitrogens with two attached hydrogens (primary N) is 1. The van der Waals surface area contributed by atoms with E-state index in [9.17, 15) is 22.8 Å². The molecule has 0 aliphatic carbocycles. The van der Waals surface area contributed by atoms with Gasteiger partial charge in [-0.2, -0.15) is 4.31 Å². The number of nitrogens with zero attached hydrogens (tertiary/aromatic N) is 1. The van der Waals surface area contributed by atoms with Crippen LogP contribution in [0.5, 0.6) is 0 Å². The van der Waals surface area contributed by atoms with Gasteiger partial charge in [0, 0.05) is 13.1 Å². The van der Waals surface area contributed by atoms with Gasteiger partial charge in [0.2, 0.25) is 10.0 Å². The van der Waals surface area contributed by atoms with E-state index in [-0.39, 0.29) is 28.6 Å². The Morgan fingerprint density at radius 1 is 1.27 bits per heavy atom. The number of halogens is 1. The van der Waals surface area contributed by atoms with Crippen LogP contribution in [0.1, 0.15) is 31.1 Å². The second-order valence-corrected chi connectivity index (χ2v) is 7.45. The number of hydrogen-bond acceptors (Lipinski definition) is 6. The van der Waals surface area contributed by atoms with E-state index in [4.69, 9.17) is 22.1 Å². The lowest BCUT2D eigenvalue weighted by molar-refractivity contribution is -0.127. The van der Waals surface area contributed by atoms with Gasteiger partial charge in [-0.15, -0.1) is 0 Å². The highest BCUT2D eigenvalue weighted by Crippen LogP contribution is 2.26. The molecule has 0 aliphatic rings. The monoisotopic (exact) mass is 405 g/mol. The topological polar surface area (TPSA) is 136 Å².